The summed E-state index contributed by atoms with van der Waals surface area (Å²) in [4.78, 5) is 32.7. The van der Waals surface area contributed by atoms with E-state index >= 15 is 0 Å². The largest absolute Gasteiger partial charge is 0.480 e. The maximum absolute atomic E-state index is 14.0. The van der Waals surface area contributed by atoms with E-state index in [9.17, 15) is 14.0 Å². The Hall–Kier alpha value is -2.44. The number of aromatic nitrogens is 3. The molecule has 0 radical (unpaired) electrons. The molecule has 0 aromatic carbocycles. The molecule has 1 amide bonds. The van der Waals surface area contributed by atoms with Crippen LogP contribution in [0.25, 0.3) is 11.0 Å². The van der Waals surface area contributed by atoms with Crippen molar-refractivity contribution in [2.24, 2.45) is 0 Å². The smallest absolute Gasteiger partial charge is 0.410 e. The molecule has 0 saturated carbocycles. The van der Waals surface area contributed by atoms with Gasteiger partial charge in [-0.2, -0.15) is 0 Å². The lowest BCUT2D eigenvalue weighted by atomic mass is 10.2. The second-order valence-electron chi connectivity index (χ2n) is 8.23. The molecule has 178 valence electrons. The molecule has 3 heterocycles. The van der Waals surface area contributed by atoms with Gasteiger partial charge in [0.1, 0.15) is 23.6 Å². The average molecular weight is 471 g/mol. The van der Waals surface area contributed by atoms with Gasteiger partial charge in [0.15, 0.2) is 11.5 Å². The van der Waals surface area contributed by atoms with Gasteiger partial charge in [0.25, 0.3) is 0 Å². The molecule has 3 rings (SSSR count). The first kappa shape index (κ1) is 25.8. The molecule has 0 spiro atoms. The van der Waals surface area contributed by atoms with Gasteiger partial charge in [0.2, 0.25) is 5.88 Å². The van der Waals surface area contributed by atoms with Gasteiger partial charge in [-0.15, -0.1) is 0 Å². The van der Waals surface area contributed by atoms with E-state index in [1.165, 1.54) is 43.7 Å². The maximum Gasteiger partial charge on any atom is 0.410 e. The third-order valence-corrected chi connectivity index (χ3v) is 5.43. The fraction of sp³-hybridized carbons (Fsp3) is 0.600. The second-order valence-corrected chi connectivity index (χ2v) is 9.30. The number of aldehydes is 1. The normalized spacial score (nSPS) is 15.1. The van der Waals surface area contributed by atoms with Crippen LogP contribution in [0.4, 0.5) is 9.18 Å². The van der Waals surface area contributed by atoms with Crippen LogP contribution in [0.15, 0.2) is 12.5 Å². The molecule has 12 heteroatoms. The summed E-state index contributed by atoms with van der Waals surface area (Å²) in [5.41, 5.74) is 0.0343. The Morgan fingerprint density at radius 1 is 1.28 bits per heavy atom. The molecule has 2 aromatic heterocycles. The Morgan fingerprint density at radius 3 is 2.50 bits per heavy atom. The first-order valence-electron chi connectivity index (χ1n) is 10.1. The zero-order chi connectivity index (χ0) is 23.9. The minimum atomic E-state index is -0.506. The van der Waals surface area contributed by atoms with E-state index in [1.807, 2.05) is 0 Å². The topological polar surface area (TPSA) is 93.0 Å². The Kier molecular flexibility index (Phi) is 9.22. The molecule has 0 bridgehead atoms. The molecule has 1 saturated heterocycles. The molecule has 2 aromatic rings. The van der Waals surface area contributed by atoms with Crippen LogP contribution in [-0.4, -0.2) is 100.0 Å². The Morgan fingerprint density at radius 2 is 1.94 bits per heavy atom. The van der Waals surface area contributed by atoms with Crippen molar-refractivity contribution in [1.82, 2.24) is 28.0 Å². The number of methoxy groups -OCH3 is 1. The van der Waals surface area contributed by atoms with Gasteiger partial charge >= 0.3 is 6.09 Å². The number of carbonyl (C=O) groups excluding carboxylic acids is 2. The highest BCUT2D eigenvalue weighted by molar-refractivity contribution is 7.95. The zero-order valence-electron chi connectivity index (χ0n) is 19.4. The molecule has 0 N–H and O–H groups in total. The van der Waals surface area contributed by atoms with Gasteiger partial charge in [-0.1, -0.05) is 0 Å². The molecule has 32 heavy (non-hydrogen) atoms. The van der Waals surface area contributed by atoms with Crippen molar-refractivity contribution in [1.29, 1.82) is 0 Å². The number of hydrogen-bond acceptors (Lipinski definition) is 9. The summed E-state index contributed by atoms with van der Waals surface area (Å²) in [6, 6.07) is 0. The van der Waals surface area contributed by atoms with Crippen molar-refractivity contribution in [3.05, 3.63) is 18.3 Å². The first-order chi connectivity index (χ1) is 15.1. The monoisotopic (exact) mass is 470 g/mol. The lowest BCUT2D eigenvalue weighted by Gasteiger charge is -2.31. The number of halogens is 1. The van der Waals surface area contributed by atoms with E-state index in [1.54, 1.807) is 24.7 Å². The number of nitrogens with zero attached hydrogens (tertiary/aromatic N) is 6. The number of likely N-dealkylation sites (N-methyl/N-ethyl adjacent to an activating group) is 2. The molecule has 0 atom stereocenters. The standard InChI is InChI=1S/C12H16FN5OS.C8H15NO3/c1-16-3-5-17(6-4-16)20-18-7-9(13)10-11(18)14-8-15-12(10)19-2;1-8(2,3)12-7(11)9(4)5-6-10/h7-8H,3-6H2,1-2H3;6H,5H2,1-4H3. The van der Waals surface area contributed by atoms with Crippen LogP contribution in [0.3, 0.4) is 0 Å². The van der Waals surface area contributed by atoms with Crippen LogP contribution in [0.2, 0.25) is 0 Å². The van der Waals surface area contributed by atoms with E-state index in [0.29, 0.717) is 17.3 Å². The number of rotatable bonds is 5. The van der Waals surface area contributed by atoms with E-state index < -0.39 is 11.7 Å². The number of amides is 1. The lowest BCUT2D eigenvalue weighted by molar-refractivity contribution is -0.108. The predicted molar refractivity (Wildman–Crippen MR) is 121 cm³/mol. The van der Waals surface area contributed by atoms with Crippen LogP contribution in [0.5, 0.6) is 5.88 Å². The number of fused-ring (bicyclic) bond motifs is 1. The Bertz CT molecular complexity index is 911. The Labute approximate surface area is 191 Å². The number of hydrogen-bond donors (Lipinski definition) is 0. The van der Waals surface area contributed by atoms with Crippen molar-refractivity contribution in [3.63, 3.8) is 0 Å². The van der Waals surface area contributed by atoms with Gasteiger partial charge in [0, 0.05) is 45.4 Å². The highest BCUT2D eigenvalue weighted by Crippen LogP contribution is 2.29. The van der Waals surface area contributed by atoms with Crippen LogP contribution in [-0.2, 0) is 9.53 Å². The number of ether oxygens (including phenoxy) is 2. The molecule has 0 aliphatic carbocycles. The summed E-state index contributed by atoms with van der Waals surface area (Å²) < 4.78 is 28.1. The van der Waals surface area contributed by atoms with Gasteiger partial charge in [-0.05, 0) is 27.8 Å². The quantitative estimate of drug-likeness (QED) is 0.482. The van der Waals surface area contributed by atoms with E-state index in [4.69, 9.17) is 9.47 Å². The van der Waals surface area contributed by atoms with Crippen molar-refractivity contribution in [3.8, 4) is 5.88 Å². The zero-order valence-corrected chi connectivity index (χ0v) is 20.2. The third-order valence-electron chi connectivity index (χ3n) is 4.38. The fourth-order valence-corrected chi connectivity index (χ4v) is 3.63. The molecule has 0 unspecified atom stereocenters. The van der Waals surface area contributed by atoms with E-state index in [-0.39, 0.29) is 18.2 Å². The molecular weight excluding hydrogens is 439 g/mol. The van der Waals surface area contributed by atoms with Gasteiger partial charge in [0.05, 0.1) is 19.9 Å². The lowest BCUT2D eigenvalue weighted by Crippen LogP contribution is -2.41. The van der Waals surface area contributed by atoms with E-state index in [2.05, 4.69) is 26.2 Å². The van der Waals surface area contributed by atoms with Crippen LogP contribution < -0.4 is 4.74 Å². The van der Waals surface area contributed by atoms with Crippen molar-refractivity contribution >= 4 is 35.5 Å². The fourth-order valence-electron chi connectivity index (χ4n) is 2.70. The molecule has 1 fully saturated rings. The SMILES string of the molecule is CN(CC=O)C(=O)OC(C)(C)C.COc1ncnc2c1c(F)cn2SN1CCN(C)CC1. The van der Waals surface area contributed by atoms with Crippen LogP contribution in [0.1, 0.15) is 20.8 Å². The van der Waals surface area contributed by atoms with Gasteiger partial charge in [-0.3, -0.25) is 3.97 Å². The molecular formula is C20H31FN6O4S. The van der Waals surface area contributed by atoms with Crippen molar-refractivity contribution < 1.29 is 23.5 Å². The number of carbonyl (C=O) groups is 2. The second kappa shape index (κ2) is 11.4. The summed E-state index contributed by atoms with van der Waals surface area (Å²) in [5.74, 6) is -0.0932. The van der Waals surface area contributed by atoms with Gasteiger partial charge < -0.3 is 24.1 Å². The van der Waals surface area contributed by atoms with Crippen molar-refractivity contribution in [2.75, 3.05) is 53.9 Å². The molecule has 1 aliphatic rings. The summed E-state index contributed by atoms with van der Waals surface area (Å²) in [5, 5.41) is 0.330. The number of piperazine rings is 1. The summed E-state index contributed by atoms with van der Waals surface area (Å²) >= 11 is 1.47. The molecule has 10 nitrogen and oxygen atoms in total. The van der Waals surface area contributed by atoms with Crippen LogP contribution in [0, 0.1) is 5.82 Å². The first-order valence-corrected chi connectivity index (χ1v) is 10.8. The highest BCUT2D eigenvalue weighted by atomic mass is 32.2. The van der Waals surface area contributed by atoms with Crippen molar-refractivity contribution in [2.45, 2.75) is 26.4 Å². The maximum atomic E-state index is 14.0. The summed E-state index contributed by atoms with van der Waals surface area (Å²) in [6.45, 7) is 9.28. The van der Waals surface area contributed by atoms with Gasteiger partial charge in [-0.25, -0.2) is 23.5 Å². The van der Waals surface area contributed by atoms with E-state index in [0.717, 1.165) is 26.2 Å². The minimum Gasteiger partial charge on any atom is -0.480 e. The third kappa shape index (κ3) is 7.31. The summed E-state index contributed by atoms with van der Waals surface area (Å²) in [6.07, 6.45) is 3.01. The Balaban J connectivity index is 0.000000262. The van der Waals surface area contributed by atoms with Crippen LogP contribution >= 0.6 is 12.1 Å². The molecule has 1 aliphatic heterocycles. The minimum absolute atomic E-state index is 0.0644. The predicted octanol–water partition coefficient (Wildman–Crippen LogP) is 2.29. The average Bonchev–Trinajstić information content (AvgIpc) is 3.05. The highest BCUT2D eigenvalue weighted by Gasteiger charge is 2.20. The summed E-state index contributed by atoms with van der Waals surface area (Å²) in [7, 11) is 5.10.